The summed E-state index contributed by atoms with van der Waals surface area (Å²) >= 11 is 3.48. The molecule has 0 radical (unpaired) electrons. The molecule has 0 bridgehead atoms. The smallest absolute Gasteiger partial charge is 0.0996 e. The molecule has 1 aliphatic carbocycles. The number of hydrogen-bond acceptors (Lipinski definition) is 2. The molecule has 0 spiro atoms. The van der Waals surface area contributed by atoms with Crippen LogP contribution < -0.4 is 0 Å². The summed E-state index contributed by atoms with van der Waals surface area (Å²) in [4.78, 5) is 0. The first kappa shape index (κ1) is 14.1. The summed E-state index contributed by atoms with van der Waals surface area (Å²) in [6.07, 6.45) is 6.12. The van der Waals surface area contributed by atoms with Gasteiger partial charge in [-0.25, -0.2) is 0 Å². The van der Waals surface area contributed by atoms with Crippen molar-refractivity contribution in [2.75, 3.05) is 0 Å². The van der Waals surface area contributed by atoms with Crippen molar-refractivity contribution < 1.29 is 5.11 Å². The van der Waals surface area contributed by atoms with Crippen LogP contribution >= 0.6 is 15.9 Å². The third kappa shape index (κ3) is 2.80. The van der Waals surface area contributed by atoms with Crippen LogP contribution in [-0.4, -0.2) is 14.9 Å². The first-order valence-corrected chi connectivity index (χ1v) is 7.65. The topological polar surface area (TPSA) is 38.1 Å². The third-order valence-electron chi connectivity index (χ3n) is 4.42. The zero-order valence-electron chi connectivity index (χ0n) is 11.4. The van der Waals surface area contributed by atoms with Crippen LogP contribution in [-0.2, 0) is 7.05 Å². The third-order valence-corrected chi connectivity index (χ3v) is 5.03. The number of halogens is 1. The van der Waals surface area contributed by atoms with E-state index >= 15 is 0 Å². The van der Waals surface area contributed by atoms with E-state index in [-0.39, 0.29) is 6.10 Å². The normalized spacial score (nSPS) is 26.6. The Morgan fingerprint density at radius 2 is 1.83 bits per heavy atom. The quantitative estimate of drug-likeness (QED) is 0.924. The highest BCUT2D eigenvalue weighted by molar-refractivity contribution is 9.10. The Morgan fingerprint density at radius 3 is 2.28 bits per heavy atom. The van der Waals surface area contributed by atoms with Crippen LogP contribution in [0.4, 0.5) is 0 Å². The summed E-state index contributed by atoms with van der Waals surface area (Å²) in [5.41, 5.74) is 0.919. The summed E-state index contributed by atoms with van der Waals surface area (Å²) < 4.78 is 2.70. The lowest BCUT2D eigenvalue weighted by molar-refractivity contribution is 0.0603. The second-order valence-corrected chi connectivity index (χ2v) is 6.72. The summed E-state index contributed by atoms with van der Waals surface area (Å²) in [5, 5.41) is 14.7. The molecule has 0 aliphatic heterocycles. The second-order valence-electron chi connectivity index (χ2n) is 5.87. The van der Waals surface area contributed by atoms with Crippen molar-refractivity contribution in [3.63, 3.8) is 0 Å². The van der Waals surface area contributed by atoms with Crippen LogP contribution in [0.3, 0.4) is 0 Å². The average molecular weight is 315 g/mol. The number of aryl methyl sites for hydroxylation is 1. The molecular formula is C14H23BrN2O. The SMILES string of the molecule is CC(C)C1CCC(C(O)c2c(Br)cnn2C)CC1. The molecule has 1 N–H and O–H groups in total. The molecule has 1 atom stereocenters. The van der Waals surface area contributed by atoms with Gasteiger partial charge in [0.25, 0.3) is 0 Å². The lowest BCUT2D eigenvalue weighted by Gasteiger charge is -2.33. The van der Waals surface area contributed by atoms with Crippen molar-refractivity contribution in [1.82, 2.24) is 9.78 Å². The lowest BCUT2D eigenvalue weighted by atomic mass is 9.75. The molecule has 102 valence electrons. The van der Waals surface area contributed by atoms with Gasteiger partial charge in [0, 0.05) is 7.05 Å². The Balaban J connectivity index is 2.02. The predicted molar refractivity (Wildman–Crippen MR) is 76.2 cm³/mol. The Bertz CT molecular complexity index is 375. The van der Waals surface area contributed by atoms with E-state index in [4.69, 9.17) is 0 Å². The van der Waals surface area contributed by atoms with Crippen LogP contribution in [0.25, 0.3) is 0 Å². The molecule has 1 saturated carbocycles. The van der Waals surface area contributed by atoms with E-state index in [1.165, 1.54) is 12.8 Å². The number of aliphatic hydroxyl groups excluding tert-OH is 1. The Hall–Kier alpha value is -0.350. The van der Waals surface area contributed by atoms with Gasteiger partial charge in [-0.2, -0.15) is 5.10 Å². The molecule has 0 aromatic carbocycles. The van der Waals surface area contributed by atoms with Gasteiger partial charge < -0.3 is 5.11 Å². The molecule has 2 rings (SSSR count). The zero-order chi connectivity index (χ0) is 13.3. The minimum atomic E-state index is -0.389. The van der Waals surface area contributed by atoms with Gasteiger partial charge in [-0.15, -0.1) is 0 Å². The van der Waals surface area contributed by atoms with E-state index in [0.29, 0.717) is 5.92 Å². The maximum atomic E-state index is 10.5. The molecule has 1 unspecified atom stereocenters. The fraction of sp³-hybridized carbons (Fsp3) is 0.786. The standard InChI is InChI=1S/C14H23BrN2O/c1-9(2)10-4-6-11(7-5-10)14(18)13-12(15)8-16-17(13)3/h8-11,14,18H,4-7H2,1-3H3. The van der Waals surface area contributed by atoms with Crippen molar-refractivity contribution in [2.45, 2.75) is 45.6 Å². The number of aromatic nitrogens is 2. The van der Waals surface area contributed by atoms with Gasteiger partial charge in [0.1, 0.15) is 0 Å². The highest BCUT2D eigenvalue weighted by Gasteiger charge is 2.30. The molecule has 1 aromatic rings. The van der Waals surface area contributed by atoms with Crippen molar-refractivity contribution in [3.8, 4) is 0 Å². The van der Waals surface area contributed by atoms with E-state index in [0.717, 1.165) is 34.8 Å². The molecule has 4 heteroatoms. The Kier molecular flexibility index (Phi) is 4.49. The molecule has 1 fully saturated rings. The molecule has 0 amide bonds. The highest BCUT2D eigenvalue weighted by Crippen LogP contribution is 2.40. The molecule has 0 saturated heterocycles. The fourth-order valence-corrected chi connectivity index (χ4v) is 3.69. The van der Waals surface area contributed by atoms with E-state index in [1.54, 1.807) is 10.9 Å². The molecule has 18 heavy (non-hydrogen) atoms. The first-order chi connectivity index (χ1) is 8.50. The van der Waals surface area contributed by atoms with E-state index in [2.05, 4.69) is 34.9 Å². The highest BCUT2D eigenvalue weighted by atomic mass is 79.9. The van der Waals surface area contributed by atoms with E-state index in [1.807, 2.05) is 7.05 Å². The van der Waals surface area contributed by atoms with Crippen molar-refractivity contribution in [3.05, 3.63) is 16.4 Å². The minimum absolute atomic E-state index is 0.381. The van der Waals surface area contributed by atoms with Gasteiger partial charge in [0.15, 0.2) is 0 Å². The van der Waals surface area contributed by atoms with E-state index < -0.39 is 0 Å². The van der Waals surface area contributed by atoms with Gasteiger partial charge in [0.05, 0.1) is 22.5 Å². The summed E-state index contributed by atoms with van der Waals surface area (Å²) in [7, 11) is 1.89. The van der Waals surface area contributed by atoms with Crippen LogP contribution in [0.5, 0.6) is 0 Å². The maximum absolute atomic E-state index is 10.5. The number of nitrogens with zero attached hydrogens (tertiary/aromatic N) is 2. The monoisotopic (exact) mass is 314 g/mol. The van der Waals surface area contributed by atoms with Crippen LogP contribution in [0.1, 0.15) is 51.3 Å². The lowest BCUT2D eigenvalue weighted by Crippen LogP contribution is -2.24. The zero-order valence-corrected chi connectivity index (χ0v) is 13.0. The van der Waals surface area contributed by atoms with Gasteiger partial charge in [-0.3, -0.25) is 4.68 Å². The fourth-order valence-electron chi connectivity index (χ4n) is 3.10. The summed E-state index contributed by atoms with van der Waals surface area (Å²) in [5.74, 6) is 1.99. The predicted octanol–water partition coefficient (Wildman–Crippen LogP) is 3.68. The second kappa shape index (κ2) is 5.74. The molecule has 3 nitrogen and oxygen atoms in total. The molecule has 1 heterocycles. The number of rotatable bonds is 3. The largest absolute Gasteiger partial charge is 0.386 e. The summed E-state index contributed by atoms with van der Waals surface area (Å²) in [6, 6.07) is 0. The number of aliphatic hydroxyl groups is 1. The van der Waals surface area contributed by atoms with Crippen molar-refractivity contribution in [1.29, 1.82) is 0 Å². The van der Waals surface area contributed by atoms with E-state index in [9.17, 15) is 5.11 Å². The minimum Gasteiger partial charge on any atom is -0.386 e. The summed E-state index contributed by atoms with van der Waals surface area (Å²) in [6.45, 7) is 4.61. The maximum Gasteiger partial charge on any atom is 0.0996 e. The van der Waals surface area contributed by atoms with Gasteiger partial charge in [-0.1, -0.05) is 13.8 Å². The first-order valence-electron chi connectivity index (χ1n) is 6.86. The number of hydrogen-bond donors (Lipinski definition) is 1. The van der Waals surface area contributed by atoms with Gasteiger partial charge >= 0.3 is 0 Å². The molecule has 1 aromatic heterocycles. The van der Waals surface area contributed by atoms with Crippen LogP contribution in [0.2, 0.25) is 0 Å². The Labute approximate surface area is 118 Å². The van der Waals surface area contributed by atoms with Crippen molar-refractivity contribution in [2.24, 2.45) is 24.8 Å². The molecule has 1 aliphatic rings. The average Bonchev–Trinajstić information content (AvgIpc) is 2.68. The van der Waals surface area contributed by atoms with Crippen molar-refractivity contribution >= 4 is 15.9 Å². The molecular weight excluding hydrogens is 292 g/mol. The van der Waals surface area contributed by atoms with Gasteiger partial charge in [0.2, 0.25) is 0 Å². The Morgan fingerprint density at radius 1 is 1.28 bits per heavy atom. The van der Waals surface area contributed by atoms with Crippen LogP contribution in [0.15, 0.2) is 10.7 Å². The van der Waals surface area contributed by atoms with Crippen LogP contribution in [0, 0.1) is 17.8 Å². The van der Waals surface area contributed by atoms with Gasteiger partial charge in [-0.05, 0) is 59.4 Å².